The van der Waals surface area contributed by atoms with Gasteiger partial charge in [-0.3, -0.25) is 4.90 Å². The van der Waals surface area contributed by atoms with Gasteiger partial charge in [0, 0.05) is 19.1 Å². The Balaban J connectivity index is 2.22. The van der Waals surface area contributed by atoms with Crippen molar-refractivity contribution >= 4 is 0 Å². The maximum Gasteiger partial charge on any atom is 0.0634 e. The van der Waals surface area contributed by atoms with Crippen LogP contribution >= 0.6 is 0 Å². The van der Waals surface area contributed by atoms with Gasteiger partial charge in [0.2, 0.25) is 0 Å². The molecule has 3 heteroatoms. The van der Waals surface area contributed by atoms with Gasteiger partial charge in [0.25, 0.3) is 0 Å². The van der Waals surface area contributed by atoms with E-state index >= 15 is 0 Å². The summed E-state index contributed by atoms with van der Waals surface area (Å²) in [4.78, 5) is 2.58. The highest BCUT2D eigenvalue weighted by Gasteiger charge is 2.21. The molecule has 3 nitrogen and oxygen atoms in total. The van der Waals surface area contributed by atoms with E-state index in [2.05, 4.69) is 24.1 Å². The minimum atomic E-state index is 0.594. The van der Waals surface area contributed by atoms with Crippen LogP contribution in [0.1, 0.15) is 33.1 Å². The Labute approximate surface area is 94.2 Å². The van der Waals surface area contributed by atoms with Gasteiger partial charge in [-0.25, -0.2) is 0 Å². The van der Waals surface area contributed by atoms with E-state index in [-0.39, 0.29) is 0 Å². The fourth-order valence-corrected chi connectivity index (χ4v) is 1.98. The summed E-state index contributed by atoms with van der Waals surface area (Å²) in [6.45, 7) is 10.8. The number of morpholine rings is 1. The van der Waals surface area contributed by atoms with Crippen LogP contribution in [0.5, 0.6) is 0 Å². The second-order valence-corrected chi connectivity index (χ2v) is 4.32. The first-order valence-corrected chi connectivity index (χ1v) is 6.41. The van der Waals surface area contributed by atoms with E-state index in [1.807, 2.05) is 0 Å². The number of hydrogen-bond acceptors (Lipinski definition) is 3. The van der Waals surface area contributed by atoms with Crippen molar-refractivity contribution in [3.63, 3.8) is 0 Å². The smallest absolute Gasteiger partial charge is 0.0634 e. The first-order valence-electron chi connectivity index (χ1n) is 6.41. The SMILES string of the molecule is CCCCN1CCOCC1CNCCC. The van der Waals surface area contributed by atoms with Gasteiger partial charge in [-0.05, 0) is 25.9 Å². The molecule has 1 N–H and O–H groups in total. The topological polar surface area (TPSA) is 24.5 Å². The maximum absolute atomic E-state index is 5.54. The summed E-state index contributed by atoms with van der Waals surface area (Å²) in [5.74, 6) is 0. The van der Waals surface area contributed by atoms with Crippen molar-refractivity contribution in [1.82, 2.24) is 10.2 Å². The Morgan fingerprint density at radius 2 is 2.20 bits per heavy atom. The number of nitrogens with zero attached hydrogens (tertiary/aromatic N) is 1. The van der Waals surface area contributed by atoms with Gasteiger partial charge in [0.05, 0.1) is 13.2 Å². The van der Waals surface area contributed by atoms with Gasteiger partial charge in [-0.2, -0.15) is 0 Å². The Bertz CT molecular complexity index is 153. The predicted octanol–water partition coefficient (Wildman–Crippen LogP) is 1.49. The average molecular weight is 214 g/mol. The summed E-state index contributed by atoms with van der Waals surface area (Å²) in [5, 5.41) is 3.49. The largest absolute Gasteiger partial charge is 0.378 e. The van der Waals surface area contributed by atoms with Gasteiger partial charge < -0.3 is 10.1 Å². The third kappa shape index (κ3) is 4.96. The van der Waals surface area contributed by atoms with Crippen molar-refractivity contribution in [3.8, 4) is 0 Å². The Kier molecular flexibility index (Phi) is 6.98. The number of hydrogen-bond donors (Lipinski definition) is 1. The highest BCUT2D eigenvalue weighted by Crippen LogP contribution is 2.07. The zero-order valence-corrected chi connectivity index (χ0v) is 10.3. The van der Waals surface area contributed by atoms with E-state index in [0.717, 1.165) is 32.8 Å². The average Bonchev–Trinajstić information content (AvgIpc) is 2.28. The molecular formula is C12H26N2O. The van der Waals surface area contributed by atoms with E-state index in [1.165, 1.54) is 25.8 Å². The van der Waals surface area contributed by atoms with Gasteiger partial charge in [-0.1, -0.05) is 20.3 Å². The van der Waals surface area contributed by atoms with Crippen LogP contribution in [-0.4, -0.2) is 50.3 Å². The van der Waals surface area contributed by atoms with Crippen molar-refractivity contribution < 1.29 is 4.74 Å². The number of ether oxygens (including phenoxy) is 1. The van der Waals surface area contributed by atoms with Crippen molar-refractivity contribution in [1.29, 1.82) is 0 Å². The lowest BCUT2D eigenvalue weighted by atomic mass is 10.2. The quantitative estimate of drug-likeness (QED) is 0.650. The molecule has 0 aromatic rings. The molecule has 90 valence electrons. The van der Waals surface area contributed by atoms with Gasteiger partial charge in [-0.15, -0.1) is 0 Å². The molecule has 0 aromatic carbocycles. The molecule has 0 aliphatic carbocycles. The molecule has 15 heavy (non-hydrogen) atoms. The molecule has 1 saturated heterocycles. The van der Waals surface area contributed by atoms with E-state index in [1.54, 1.807) is 0 Å². The van der Waals surface area contributed by atoms with E-state index in [9.17, 15) is 0 Å². The molecule has 0 amide bonds. The highest BCUT2D eigenvalue weighted by atomic mass is 16.5. The zero-order valence-electron chi connectivity index (χ0n) is 10.3. The lowest BCUT2D eigenvalue weighted by molar-refractivity contribution is -0.00716. The van der Waals surface area contributed by atoms with Gasteiger partial charge in [0.1, 0.15) is 0 Å². The minimum absolute atomic E-state index is 0.594. The summed E-state index contributed by atoms with van der Waals surface area (Å²) in [7, 11) is 0. The van der Waals surface area contributed by atoms with Crippen LogP contribution in [0.2, 0.25) is 0 Å². The van der Waals surface area contributed by atoms with Crippen LogP contribution in [0.4, 0.5) is 0 Å². The van der Waals surface area contributed by atoms with Crippen LogP contribution in [0.15, 0.2) is 0 Å². The van der Waals surface area contributed by atoms with Crippen molar-refractivity contribution in [2.45, 2.75) is 39.2 Å². The fraction of sp³-hybridized carbons (Fsp3) is 1.00. The molecule has 0 radical (unpaired) electrons. The Hall–Kier alpha value is -0.120. The predicted molar refractivity (Wildman–Crippen MR) is 64.2 cm³/mol. The number of unbranched alkanes of at least 4 members (excludes halogenated alkanes) is 1. The standard InChI is InChI=1S/C12H26N2O/c1-3-5-7-14-8-9-15-11-12(14)10-13-6-4-2/h12-13H,3-11H2,1-2H3. The molecule has 1 fully saturated rings. The summed E-state index contributed by atoms with van der Waals surface area (Å²) >= 11 is 0. The summed E-state index contributed by atoms with van der Waals surface area (Å²) in [6, 6.07) is 0.594. The lowest BCUT2D eigenvalue weighted by Crippen LogP contribution is -2.50. The lowest BCUT2D eigenvalue weighted by Gasteiger charge is -2.35. The van der Waals surface area contributed by atoms with Gasteiger partial charge >= 0.3 is 0 Å². The summed E-state index contributed by atoms with van der Waals surface area (Å²) in [5.41, 5.74) is 0. The van der Waals surface area contributed by atoms with Crippen molar-refractivity contribution in [3.05, 3.63) is 0 Å². The molecule has 1 aliphatic rings. The minimum Gasteiger partial charge on any atom is -0.378 e. The van der Waals surface area contributed by atoms with Gasteiger partial charge in [0.15, 0.2) is 0 Å². The normalized spacial score (nSPS) is 23.2. The molecule has 1 aliphatic heterocycles. The van der Waals surface area contributed by atoms with Crippen molar-refractivity contribution in [2.24, 2.45) is 0 Å². The first-order chi connectivity index (χ1) is 7.38. The Morgan fingerprint density at radius 1 is 1.33 bits per heavy atom. The molecule has 1 heterocycles. The third-order valence-electron chi connectivity index (χ3n) is 2.96. The van der Waals surface area contributed by atoms with Crippen molar-refractivity contribution in [2.75, 3.05) is 39.4 Å². The number of rotatable bonds is 7. The maximum atomic E-state index is 5.54. The zero-order chi connectivity index (χ0) is 10.9. The fourth-order valence-electron chi connectivity index (χ4n) is 1.98. The highest BCUT2D eigenvalue weighted by molar-refractivity contribution is 4.77. The molecular weight excluding hydrogens is 188 g/mol. The van der Waals surface area contributed by atoms with Crippen LogP contribution in [0, 0.1) is 0 Å². The first kappa shape index (κ1) is 12.9. The summed E-state index contributed by atoms with van der Waals surface area (Å²) in [6.07, 6.45) is 3.80. The monoisotopic (exact) mass is 214 g/mol. The number of nitrogens with one attached hydrogen (secondary N) is 1. The van der Waals surface area contributed by atoms with Crippen LogP contribution in [0.25, 0.3) is 0 Å². The molecule has 1 atom stereocenters. The molecule has 0 saturated carbocycles. The molecule has 0 aromatic heterocycles. The van der Waals surface area contributed by atoms with E-state index < -0.39 is 0 Å². The second-order valence-electron chi connectivity index (χ2n) is 4.32. The molecule has 0 bridgehead atoms. The van der Waals surface area contributed by atoms with E-state index in [4.69, 9.17) is 4.74 Å². The van der Waals surface area contributed by atoms with Crippen LogP contribution in [0.3, 0.4) is 0 Å². The Morgan fingerprint density at radius 3 is 2.93 bits per heavy atom. The second kappa shape index (κ2) is 8.08. The molecule has 0 spiro atoms. The van der Waals surface area contributed by atoms with Crippen LogP contribution in [-0.2, 0) is 4.74 Å². The van der Waals surface area contributed by atoms with Crippen LogP contribution < -0.4 is 5.32 Å². The molecule has 1 rings (SSSR count). The third-order valence-corrected chi connectivity index (χ3v) is 2.96. The summed E-state index contributed by atoms with van der Waals surface area (Å²) < 4.78 is 5.54. The van der Waals surface area contributed by atoms with E-state index in [0.29, 0.717) is 6.04 Å². The molecule has 1 unspecified atom stereocenters.